The van der Waals surface area contributed by atoms with Gasteiger partial charge in [0.25, 0.3) is 5.56 Å². The van der Waals surface area contributed by atoms with Gasteiger partial charge in [0.15, 0.2) is 5.60 Å². The fourth-order valence-corrected chi connectivity index (χ4v) is 12.9. The Hall–Kier alpha value is -9.29. The van der Waals surface area contributed by atoms with Crippen molar-refractivity contribution in [3.63, 3.8) is 0 Å². The molecule has 2 aliphatic heterocycles. The van der Waals surface area contributed by atoms with Crippen LogP contribution in [0.15, 0.2) is 169 Å². The van der Waals surface area contributed by atoms with Crippen molar-refractivity contribution < 1.29 is 33.7 Å². The van der Waals surface area contributed by atoms with Crippen LogP contribution in [0.25, 0.3) is 22.3 Å². The molecule has 1 aliphatic carbocycles. The number of rotatable bonds is 25. The van der Waals surface area contributed by atoms with Crippen LogP contribution < -0.4 is 15.0 Å². The minimum Gasteiger partial charge on any atom is -0.494 e. The van der Waals surface area contributed by atoms with Crippen LogP contribution in [0.1, 0.15) is 137 Å². The Morgan fingerprint density at radius 2 is 1.24 bits per heavy atom. The molecule has 6 aromatic heterocycles. The average Bonchev–Trinajstić information content (AvgIpc) is 1.51. The Morgan fingerprint density at radius 1 is 0.644 bits per heavy atom. The molecule has 0 saturated heterocycles. The second kappa shape index (κ2) is 28.0. The number of aromatic nitrogens is 6. The number of amides is 1. The van der Waals surface area contributed by atoms with Crippen molar-refractivity contribution in [3.8, 4) is 22.9 Å². The van der Waals surface area contributed by atoms with E-state index in [1.54, 1.807) is 41.8 Å². The molecule has 1 N–H and O–H groups in total. The summed E-state index contributed by atoms with van der Waals surface area (Å²) >= 11 is 0. The molecule has 3 aliphatic rings. The van der Waals surface area contributed by atoms with E-state index in [9.17, 15) is 24.3 Å². The maximum absolute atomic E-state index is 14.4. The molecule has 1 fully saturated rings. The lowest BCUT2D eigenvalue weighted by Gasteiger charge is -2.31. The third-order valence-corrected chi connectivity index (χ3v) is 17.5. The molecule has 0 unspecified atom stereocenters. The van der Waals surface area contributed by atoms with E-state index in [4.69, 9.17) is 19.2 Å². The summed E-state index contributed by atoms with van der Waals surface area (Å²) in [6, 6.07) is 45.0. The van der Waals surface area contributed by atoms with Gasteiger partial charge in [0.05, 0.1) is 64.0 Å². The molecule has 0 radical (unpaired) electrons. The van der Waals surface area contributed by atoms with E-state index in [1.165, 1.54) is 0 Å². The summed E-state index contributed by atoms with van der Waals surface area (Å²) in [7, 11) is 0. The minimum absolute atomic E-state index is 0.0189. The number of pyridine rings is 6. The zero-order chi connectivity index (χ0) is 62.0. The third kappa shape index (κ3) is 14.1. The molecular weight excluding hydrogens is 1130 g/mol. The summed E-state index contributed by atoms with van der Waals surface area (Å²) in [5.74, 6) is -0.0121. The summed E-state index contributed by atoms with van der Waals surface area (Å²) in [5.41, 5.74) is 9.27. The smallest absolute Gasteiger partial charge is 0.343 e. The van der Waals surface area contributed by atoms with Gasteiger partial charge in [-0.3, -0.25) is 39.3 Å². The Morgan fingerprint density at radius 3 is 1.80 bits per heavy atom. The highest BCUT2D eigenvalue weighted by molar-refractivity contribution is 5.93. The van der Waals surface area contributed by atoms with E-state index in [0.717, 1.165) is 107 Å². The highest BCUT2D eigenvalue weighted by atomic mass is 16.6. The summed E-state index contributed by atoms with van der Waals surface area (Å²) in [6.45, 7) is 8.97. The number of esters is 2. The number of ether oxygens (including phenoxy) is 3. The predicted molar refractivity (Wildman–Crippen MR) is 341 cm³/mol. The minimum atomic E-state index is -1.92. The van der Waals surface area contributed by atoms with Crippen LogP contribution in [-0.4, -0.2) is 80.3 Å². The van der Waals surface area contributed by atoms with E-state index < -0.39 is 17.5 Å². The molecule has 90 heavy (non-hydrogen) atoms. The van der Waals surface area contributed by atoms with Crippen molar-refractivity contribution in [3.05, 3.63) is 242 Å². The Bertz CT molecular complexity index is 3860. The van der Waals surface area contributed by atoms with Crippen molar-refractivity contribution >= 4 is 28.7 Å². The zero-order valence-corrected chi connectivity index (χ0v) is 51.1. The van der Waals surface area contributed by atoms with Crippen LogP contribution in [0.5, 0.6) is 11.5 Å². The molecular formula is C73H75N9O8. The second-order valence-electron chi connectivity index (χ2n) is 23.8. The Kier molecular flexibility index (Phi) is 19.0. The molecule has 460 valence electrons. The molecule has 17 nitrogen and oxygen atoms in total. The molecule has 12 rings (SSSR count). The van der Waals surface area contributed by atoms with Crippen LogP contribution in [-0.2, 0) is 85.3 Å². The summed E-state index contributed by atoms with van der Waals surface area (Å²) in [6.07, 6.45) is 14.4. The molecule has 0 bridgehead atoms. The first kappa shape index (κ1) is 61.0. The van der Waals surface area contributed by atoms with E-state index >= 15 is 0 Å². The van der Waals surface area contributed by atoms with Crippen molar-refractivity contribution in [2.24, 2.45) is 5.92 Å². The van der Waals surface area contributed by atoms with Crippen molar-refractivity contribution in [2.45, 2.75) is 136 Å². The maximum atomic E-state index is 14.4. The molecule has 17 heteroatoms. The quantitative estimate of drug-likeness (QED) is 0.0322. The average molecular weight is 1210 g/mol. The number of carbonyl (C=O) groups is 3. The van der Waals surface area contributed by atoms with E-state index in [2.05, 4.69) is 72.2 Å². The van der Waals surface area contributed by atoms with Gasteiger partial charge in [-0.1, -0.05) is 75.6 Å². The molecule has 1 saturated carbocycles. The molecule has 1 atom stereocenters. The number of unbranched alkanes of at least 4 members (excludes halogenated alkanes) is 1. The van der Waals surface area contributed by atoms with Gasteiger partial charge in [0.1, 0.15) is 18.1 Å². The number of aryl methyl sites for hydroxylation is 1. The zero-order valence-electron chi connectivity index (χ0n) is 51.1. The lowest BCUT2D eigenvalue weighted by molar-refractivity contribution is -0.172. The number of hydrogen-bond donors (Lipinski definition) is 1. The molecule has 1 amide bonds. The highest BCUT2D eigenvalue weighted by Gasteiger charge is 2.45. The fourth-order valence-electron chi connectivity index (χ4n) is 12.9. The van der Waals surface area contributed by atoms with Gasteiger partial charge >= 0.3 is 11.9 Å². The van der Waals surface area contributed by atoms with Crippen LogP contribution in [0.4, 0.5) is 0 Å². The third-order valence-electron chi connectivity index (χ3n) is 17.5. The normalized spacial score (nSPS) is 15.3. The molecule has 0 spiro atoms. The van der Waals surface area contributed by atoms with Gasteiger partial charge in [-0.05, 0) is 158 Å². The summed E-state index contributed by atoms with van der Waals surface area (Å²) < 4.78 is 19.6. The lowest BCUT2D eigenvalue weighted by Crippen LogP contribution is -2.44. The Balaban J connectivity index is 0.726. The number of fused-ring (bicyclic) bond motifs is 5. The van der Waals surface area contributed by atoms with Crippen LogP contribution >= 0.6 is 0 Å². The van der Waals surface area contributed by atoms with Gasteiger partial charge in [0.2, 0.25) is 5.91 Å². The first-order valence-corrected chi connectivity index (χ1v) is 31.5. The standard InChI is InChI=1S/C73H75N9O8/c1-3-61-62-39-59(28-29-66(62)78-68-63(61)48-82-67(68)40-65-64(70(82)84)49-89-72(86)73(65,87)4-2)90-71(85)54-26-24-50(25-27-54)43-81(69(83)53-18-6-5-7-19-53)34-16-17-35-88-60-37-51(41-79(44-55-20-8-12-30-74-55)45-56-21-9-13-31-75-56)36-52(38-60)42-80(46-57-22-10-14-32-76-57)47-58-23-11-15-33-77-58/h8-15,20-33,36-40,53,87H,3-7,16-19,34-35,41-49H2,1-2H3/t73-/m0/s1. The number of cyclic esters (lactones) is 1. The second-order valence-corrected chi connectivity index (χ2v) is 23.8. The molecule has 3 aromatic carbocycles. The van der Waals surface area contributed by atoms with E-state index in [0.29, 0.717) is 93.6 Å². The first-order valence-electron chi connectivity index (χ1n) is 31.5. The van der Waals surface area contributed by atoms with E-state index in [1.807, 2.05) is 103 Å². The Labute approximate surface area is 524 Å². The number of hydrogen-bond acceptors (Lipinski definition) is 15. The van der Waals surface area contributed by atoms with Gasteiger partial charge in [-0.2, -0.15) is 0 Å². The number of carbonyl (C=O) groups excluding carboxylic acids is 3. The number of aliphatic hydroxyl groups is 1. The summed E-state index contributed by atoms with van der Waals surface area (Å²) in [5, 5.41) is 12.2. The first-order chi connectivity index (χ1) is 44.0. The topological polar surface area (TPSA) is 195 Å². The molecule has 8 heterocycles. The predicted octanol–water partition coefficient (Wildman–Crippen LogP) is 11.6. The van der Waals surface area contributed by atoms with Gasteiger partial charge in [-0.25, -0.2) is 14.6 Å². The largest absolute Gasteiger partial charge is 0.494 e. The van der Waals surface area contributed by atoms with Gasteiger partial charge < -0.3 is 28.8 Å². The highest BCUT2D eigenvalue weighted by Crippen LogP contribution is 2.41. The SMILES string of the molecule is CCc1c2c(nc3ccc(OC(=O)c4ccc(CN(CCCCOc5cc(CN(Cc6ccccn6)Cc6ccccn6)cc(CN(Cc6ccccn6)Cc6ccccn6)c5)C(=O)C5CCCCC5)cc4)cc13)-c1cc3c(c(=O)n1C2)COC(=O)[C@]3(O)CC. The summed E-state index contributed by atoms with van der Waals surface area (Å²) in [4.78, 5) is 85.3. The van der Waals surface area contributed by atoms with Crippen molar-refractivity contribution in [1.82, 2.24) is 44.2 Å². The van der Waals surface area contributed by atoms with Crippen LogP contribution in [0.2, 0.25) is 0 Å². The fraction of sp³-hybridized carbons (Fsp3) is 0.329. The van der Waals surface area contributed by atoms with Crippen molar-refractivity contribution in [1.29, 1.82) is 0 Å². The monoisotopic (exact) mass is 1210 g/mol. The number of benzene rings is 3. The van der Waals surface area contributed by atoms with Gasteiger partial charge in [-0.15, -0.1) is 0 Å². The number of nitrogens with zero attached hydrogens (tertiary/aromatic N) is 9. The van der Waals surface area contributed by atoms with E-state index in [-0.39, 0.29) is 48.1 Å². The van der Waals surface area contributed by atoms with Crippen molar-refractivity contribution in [2.75, 3.05) is 13.2 Å². The van der Waals surface area contributed by atoms with Gasteiger partial charge in [0, 0.05) is 99.6 Å². The lowest BCUT2D eigenvalue weighted by atomic mass is 9.86. The van der Waals surface area contributed by atoms with Crippen LogP contribution in [0, 0.1) is 5.92 Å². The molecule has 9 aromatic rings. The van der Waals surface area contributed by atoms with Crippen LogP contribution in [0.3, 0.4) is 0 Å². The maximum Gasteiger partial charge on any atom is 0.343 e.